The van der Waals surface area contributed by atoms with Gasteiger partial charge in [-0.2, -0.15) is 0 Å². The fraction of sp³-hybridized carbons (Fsp3) is 0.308. The van der Waals surface area contributed by atoms with Gasteiger partial charge in [-0.1, -0.05) is 6.92 Å². The van der Waals surface area contributed by atoms with Crippen LogP contribution in [0.15, 0.2) is 27.8 Å². The van der Waals surface area contributed by atoms with Crippen molar-refractivity contribution in [1.82, 2.24) is 9.55 Å². The van der Waals surface area contributed by atoms with E-state index in [9.17, 15) is 14.4 Å². The van der Waals surface area contributed by atoms with Gasteiger partial charge in [-0.15, -0.1) is 0 Å². The summed E-state index contributed by atoms with van der Waals surface area (Å²) in [5.74, 6) is -1.08. The Hall–Kier alpha value is -2.37. The maximum atomic E-state index is 11.9. The maximum Gasteiger partial charge on any atom is 0.335 e. The molecule has 100 valence electrons. The lowest BCUT2D eigenvalue weighted by Crippen LogP contribution is -2.37. The molecule has 0 bridgehead atoms. The number of hydrogen-bond donors (Lipinski definition) is 2. The third kappa shape index (κ3) is 2.16. The Bertz CT molecular complexity index is 757. The molecule has 1 aromatic heterocycles. The van der Waals surface area contributed by atoms with E-state index in [1.807, 2.05) is 13.8 Å². The van der Waals surface area contributed by atoms with Crippen LogP contribution in [0.5, 0.6) is 0 Å². The summed E-state index contributed by atoms with van der Waals surface area (Å²) in [5.41, 5.74) is -0.411. The summed E-state index contributed by atoms with van der Waals surface area (Å²) >= 11 is 0. The molecule has 0 fully saturated rings. The first-order valence-corrected chi connectivity index (χ1v) is 5.97. The van der Waals surface area contributed by atoms with Crippen molar-refractivity contribution in [3.63, 3.8) is 0 Å². The third-order valence-electron chi connectivity index (χ3n) is 3.20. The first-order chi connectivity index (χ1) is 8.95. The molecule has 19 heavy (non-hydrogen) atoms. The lowest BCUT2D eigenvalue weighted by atomic mass is 10.1. The highest BCUT2D eigenvalue weighted by Gasteiger charge is 2.13. The average Bonchev–Trinajstić information content (AvgIpc) is 2.38. The first-order valence-electron chi connectivity index (χ1n) is 5.97. The molecule has 6 nitrogen and oxygen atoms in total. The SMILES string of the molecule is CCC(C)n1c(=O)c(=O)[nH]c2cc(C(=O)O)ccc21. The van der Waals surface area contributed by atoms with E-state index in [2.05, 4.69) is 4.98 Å². The van der Waals surface area contributed by atoms with Gasteiger partial charge in [-0.3, -0.25) is 14.2 Å². The molecule has 1 atom stereocenters. The van der Waals surface area contributed by atoms with Crippen molar-refractivity contribution in [1.29, 1.82) is 0 Å². The van der Waals surface area contributed by atoms with Gasteiger partial charge in [-0.25, -0.2) is 4.79 Å². The summed E-state index contributed by atoms with van der Waals surface area (Å²) in [5, 5.41) is 8.93. The van der Waals surface area contributed by atoms with Crippen molar-refractivity contribution in [2.45, 2.75) is 26.3 Å². The zero-order valence-electron chi connectivity index (χ0n) is 10.6. The molecule has 0 amide bonds. The molecule has 0 aliphatic rings. The van der Waals surface area contributed by atoms with E-state index in [1.165, 1.54) is 16.7 Å². The normalized spacial score (nSPS) is 12.5. The monoisotopic (exact) mass is 262 g/mol. The number of carboxylic acid groups (broad SMARTS) is 1. The molecule has 2 aromatic rings. The Morgan fingerprint density at radius 3 is 2.68 bits per heavy atom. The molecule has 1 aromatic carbocycles. The molecular weight excluding hydrogens is 248 g/mol. The minimum atomic E-state index is -1.08. The molecule has 0 saturated heterocycles. The molecule has 0 aliphatic carbocycles. The van der Waals surface area contributed by atoms with Crippen LogP contribution in [0, 0.1) is 0 Å². The number of nitrogens with zero attached hydrogens (tertiary/aromatic N) is 1. The van der Waals surface area contributed by atoms with Gasteiger partial charge in [-0.05, 0) is 31.5 Å². The van der Waals surface area contributed by atoms with Gasteiger partial charge in [0.05, 0.1) is 16.6 Å². The molecule has 0 spiro atoms. The van der Waals surface area contributed by atoms with Gasteiger partial charge in [0.2, 0.25) is 0 Å². The van der Waals surface area contributed by atoms with Crippen LogP contribution >= 0.6 is 0 Å². The Morgan fingerprint density at radius 1 is 1.42 bits per heavy atom. The van der Waals surface area contributed by atoms with Gasteiger partial charge < -0.3 is 10.1 Å². The van der Waals surface area contributed by atoms with Crippen molar-refractivity contribution in [2.75, 3.05) is 0 Å². The molecule has 6 heteroatoms. The number of fused-ring (bicyclic) bond motifs is 1. The van der Waals surface area contributed by atoms with Crippen molar-refractivity contribution < 1.29 is 9.90 Å². The summed E-state index contributed by atoms with van der Waals surface area (Å²) in [6.07, 6.45) is 0.694. The second-order valence-corrected chi connectivity index (χ2v) is 4.42. The molecule has 1 unspecified atom stereocenters. The molecular formula is C13H14N2O4. The van der Waals surface area contributed by atoms with Crippen molar-refractivity contribution in [2.24, 2.45) is 0 Å². The van der Waals surface area contributed by atoms with Crippen LogP contribution in [0.3, 0.4) is 0 Å². The van der Waals surface area contributed by atoms with Crippen LogP contribution in [-0.2, 0) is 0 Å². The van der Waals surface area contributed by atoms with Gasteiger partial charge >= 0.3 is 17.1 Å². The summed E-state index contributed by atoms with van der Waals surface area (Å²) in [4.78, 5) is 36.9. The van der Waals surface area contributed by atoms with Crippen molar-refractivity contribution in [3.8, 4) is 0 Å². The van der Waals surface area contributed by atoms with E-state index in [1.54, 1.807) is 6.07 Å². The zero-order valence-corrected chi connectivity index (χ0v) is 10.6. The van der Waals surface area contributed by atoms with Crippen LogP contribution in [0.2, 0.25) is 0 Å². The second kappa shape index (κ2) is 4.72. The van der Waals surface area contributed by atoms with E-state index in [4.69, 9.17) is 5.11 Å². The van der Waals surface area contributed by atoms with E-state index in [-0.39, 0.29) is 11.6 Å². The van der Waals surface area contributed by atoms with E-state index in [0.29, 0.717) is 17.5 Å². The van der Waals surface area contributed by atoms with Crippen LogP contribution in [0.4, 0.5) is 0 Å². The molecule has 2 N–H and O–H groups in total. The standard InChI is InChI=1S/C13H14N2O4/c1-3-7(2)15-10-5-4-8(13(18)19)6-9(10)14-11(16)12(15)17/h4-7H,3H2,1-2H3,(H,14,16)(H,18,19). The van der Waals surface area contributed by atoms with Crippen LogP contribution in [-0.4, -0.2) is 20.6 Å². The Morgan fingerprint density at radius 2 is 2.11 bits per heavy atom. The average molecular weight is 262 g/mol. The van der Waals surface area contributed by atoms with Crippen molar-refractivity contribution in [3.05, 3.63) is 44.5 Å². The second-order valence-electron chi connectivity index (χ2n) is 4.42. The third-order valence-corrected chi connectivity index (χ3v) is 3.20. The lowest BCUT2D eigenvalue weighted by molar-refractivity contribution is 0.0697. The number of aromatic amines is 1. The smallest absolute Gasteiger partial charge is 0.335 e. The predicted octanol–water partition coefficient (Wildman–Crippen LogP) is 1.36. The number of carboxylic acids is 1. The first kappa shape index (κ1) is 13.1. The fourth-order valence-corrected chi connectivity index (χ4v) is 1.99. The van der Waals surface area contributed by atoms with Gasteiger partial charge in [0.1, 0.15) is 0 Å². The van der Waals surface area contributed by atoms with Crippen LogP contribution in [0.25, 0.3) is 11.0 Å². The number of nitrogens with one attached hydrogen (secondary N) is 1. The molecule has 1 heterocycles. The van der Waals surface area contributed by atoms with E-state index < -0.39 is 17.1 Å². The minimum Gasteiger partial charge on any atom is -0.478 e. The number of rotatable bonds is 3. The Balaban J connectivity index is 2.87. The number of aromatic carboxylic acids is 1. The highest BCUT2D eigenvalue weighted by atomic mass is 16.4. The van der Waals surface area contributed by atoms with Crippen molar-refractivity contribution >= 4 is 17.0 Å². The molecule has 2 rings (SSSR count). The highest BCUT2D eigenvalue weighted by molar-refractivity contribution is 5.92. The van der Waals surface area contributed by atoms with Crippen LogP contribution in [0.1, 0.15) is 36.7 Å². The van der Waals surface area contributed by atoms with Crippen LogP contribution < -0.4 is 11.1 Å². The summed E-state index contributed by atoms with van der Waals surface area (Å²) < 4.78 is 1.40. The number of H-pyrrole nitrogens is 1. The lowest BCUT2D eigenvalue weighted by Gasteiger charge is -2.15. The quantitative estimate of drug-likeness (QED) is 0.817. The summed E-state index contributed by atoms with van der Waals surface area (Å²) in [6, 6.07) is 4.19. The van der Waals surface area contributed by atoms with E-state index >= 15 is 0 Å². The molecule has 0 saturated carbocycles. The largest absolute Gasteiger partial charge is 0.478 e. The van der Waals surface area contributed by atoms with E-state index in [0.717, 1.165) is 0 Å². The molecule has 0 radical (unpaired) electrons. The summed E-state index contributed by atoms with van der Waals surface area (Å²) in [7, 11) is 0. The molecule has 0 aliphatic heterocycles. The highest BCUT2D eigenvalue weighted by Crippen LogP contribution is 2.16. The number of carbonyl (C=O) groups is 1. The van der Waals surface area contributed by atoms with Gasteiger partial charge in [0.15, 0.2) is 0 Å². The number of hydrogen-bond acceptors (Lipinski definition) is 3. The zero-order chi connectivity index (χ0) is 14.2. The Labute approximate surface area is 108 Å². The summed E-state index contributed by atoms with van der Waals surface area (Å²) in [6.45, 7) is 3.75. The minimum absolute atomic E-state index is 0.0671. The Kier molecular flexibility index (Phi) is 3.25. The fourth-order valence-electron chi connectivity index (χ4n) is 1.99. The predicted molar refractivity (Wildman–Crippen MR) is 70.8 cm³/mol. The number of aromatic nitrogens is 2. The topological polar surface area (TPSA) is 92.2 Å². The maximum absolute atomic E-state index is 11.9. The van der Waals surface area contributed by atoms with Gasteiger partial charge in [0, 0.05) is 6.04 Å². The number of benzene rings is 1. The van der Waals surface area contributed by atoms with Gasteiger partial charge in [0.25, 0.3) is 0 Å².